The van der Waals surface area contributed by atoms with Crippen molar-refractivity contribution in [3.05, 3.63) is 12.1 Å². The monoisotopic (exact) mass is 298 g/mol. The van der Waals surface area contributed by atoms with E-state index in [0.29, 0.717) is 6.07 Å². The summed E-state index contributed by atoms with van der Waals surface area (Å²) in [6.07, 6.45) is 0. The molecular weight excluding hydrogens is 288 g/mol. The van der Waals surface area contributed by atoms with Crippen molar-refractivity contribution in [3.8, 4) is 11.5 Å². The van der Waals surface area contributed by atoms with Gasteiger partial charge in [-0.3, -0.25) is 9.11 Å². The highest BCUT2D eigenvalue weighted by molar-refractivity contribution is 7.86. The maximum absolute atomic E-state index is 11.0. The summed E-state index contributed by atoms with van der Waals surface area (Å²) < 4.78 is 71.4. The van der Waals surface area contributed by atoms with Gasteiger partial charge in [-0.25, -0.2) is 0 Å². The lowest BCUT2D eigenvalue weighted by molar-refractivity contribution is 0.373. The Hall–Kier alpha value is -1.36. The third-order valence-corrected chi connectivity index (χ3v) is 3.76. The fourth-order valence-electron chi connectivity index (χ4n) is 1.24. The molecule has 0 saturated carbocycles. The minimum atomic E-state index is -4.71. The molecule has 0 aliphatic heterocycles. The fraction of sp³-hybridized carbons (Fsp3) is 0.250. The summed E-state index contributed by atoms with van der Waals surface area (Å²) in [6.45, 7) is 0. The van der Waals surface area contributed by atoms with Gasteiger partial charge in [0.15, 0.2) is 0 Å². The zero-order valence-corrected chi connectivity index (χ0v) is 10.9. The molecule has 1 rings (SSSR count). The molecule has 10 heteroatoms. The van der Waals surface area contributed by atoms with Crippen LogP contribution < -0.4 is 9.47 Å². The van der Waals surface area contributed by atoms with E-state index in [4.69, 9.17) is 9.11 Å². The predicted molar refractivity (Wildman–Crippen MR) is 59.2 cm³/mol. The fourth-order valence-corrected chi connectivity index (χ4v) is 2.65. The second kappa shape index (κ2) is 4.72. The first-order valence-electron chi connectivity index (χ1n) is 4.32. The first kappa shape index (κ1) is 14.7. The summed E-state index contributed by atoms with van der Waals surface area (Å²) in [7, 11) is -7.18. The lowest BCUT2D eigenvalue weighted by atomic mass is 10.3. The molecule has 0 aliphatic carbocycles. The van der Waals surface area contributed by atoms with Crippen molar-refractivity contribution in [1.29, 1.82) is 0 Å². The molecule has 0 atom stereocenters. The SMILES string of the molecule is COc1cc(OC)c(S(=O)(=O)O)cc1S(=O)(=O)O. The number of rotatable bonds is 4. The summed E-state index contributed by atoms with van der Waals surface area (Å²) in [4.78, 5) is -1.59. The molecule has 2 N–H and O–H groups in total. The summed E-state index contributed by atoms with van der Waals surface area (Å²) in [6, 6.07) is 1.47. The van der Waals surface area contributed by atoms with Gasteiger partial charge in [0.05, 0.1) is 14.2 Å². The Morgan fingerprint density at radius 3 is 1.39 bits per heavy atom. The number of hydrogen-bond donors (Lipinski definition) is 2. The van der Waals surface area contributed by atoms with Crippen molar-refractivity contribution >= 4 is 20.2 Å². The van der Waals surface area contributed by atoms with Gasteiger partial charge in [-0.2, -0.15) is 16.8 Å². The van der Waals surface area contributed by atoms with Crippen LogP contribution in [-0.2, 0) is 20.2 Å². The molecule has 102 valence electrons. The van der Waals surface area contributed by atoms with E-state index in [9.17, 15) is 16.8 Å². The molecule has 0 radical (unpaired) electrons. The van der Waals surface area contributed by atoms with E-state index < -0.39 is 30.0 Å². The van der Waals surface area contributed by atoms with Gasteiger partial charge < -0.3 is 9.47 Å². The molecule has 0 aliphatic rings. The van der Waals surface area contributed by atoms with Crippen LogP contribution in [0.15, 0.2) is 21.9 Å². The topological polar surface area (TPSA) is 127 Å². The molecule has 0 spiro atoms. The highest BCUT2D eigenvalue weighted by Gasteiger charge is 2.25. The molecule has 18 heavy (non-hydrogen) atoms. The van der Waals surface area contributed by atoms with Crippen LogP contribution >= 0.6 is 0 Å². The highest BCUT2D eigenvalue weighted by Crippen LogP contribution is 2.34. The number of ether oxygens (including phenoxy) is 2. The summed E-state index contributed by atoms with van der Waals surface area (Å²) in [5.74, 6) is -0.636. The molecule has 8 nitrogen and oxygen atoms in total. The zero-order valence-electron chi connectivity index (χ0n) is 9.32. The van der Waals surface area contributed by atoms with Crippen molar-refractivity contribution in [2.24, 2.45) is 0 Å². The van der Waals surface area contributed by atoms with Gasteiger partial charge >= 0.3 is 0 Å². The van der Waals surface area contributed by atoms with Crippen molar-refractivity contribution in [2.45, 2.75) is 9.79 Å². The summed E-state index contributed by atoms with van der Waals surface area (Å²) in [5.41, 5.74) is 0. The first-order chi connectivity index (χ1) is 8.11. The largest absolute Gasteiger partial charge is 0.495 e. The van der Waals surface area contributed by atoms with E-state index >= 15 is 0 Å². The molecule has 1 aromatic carbocycles. The highest BCUT2D eigenvalue weighted by atomic mass is 32.2. The van der Waals surface area contributed by atoms with E-state index in [1.807, 2.05) is 0 Å². The van der Waals surface area contributed by atoms with Crippen LogP contribution in [0.2, 0.25) is 0 Å². The molecule has 0 fully saturated rings. The van der Waals surface area contributed by atoms with Crippen LogP contribution in [0.5, 0.6) is 11.5 Å². The zero-order chi connectivity index (χ0) is 14.1. The van der Waals surface area contributed by atoms with E-state index in [-0.39, 0.29) is 11.5 Å². The Morgan fingerprint density at radius 1 is 0.833 bits per heavy atom. The number of benzene rings is 1. The van der Waals surface area contributed by atoms with Gasteiger partial charge in [-0.05, 0) is 6.07 Å². The quantitative estimate of drug-likeness (QED) is 0.754. The standard InChI is InChI=1S/C8H10O8S2/c1-15-5-3-6(16-2)8(18(12,13)14)4-7(5)17(9,10)11/h3-4H,1-2H3,(H,9,10,11)(H,12,13,14). The van der Waals surface area contributed by atoms with Crippen LogP contribution in [-0.4, -0.2) is 40.2 Å². The van der Waals surface area contributed by atoms with Gasteiger partial charge in [-0.15, -0.1) is 0 Å². The third kappa shape index (κ3) is 2.90. The lowest BCUT2D eigenvalue weighted by Crippen LogP contribution is -2.07. The lowest BCUT2D eigenvalue weighted by Gasteiger charge is -2.11. The Balaban J connectivity index is 3.76. The van der Waals surface area contributed by atoms with Crippen molar-refractivity contribution in [3.63, 3.8) is 0 Å². The van der Waals surface area contributed by atoms with Crippen molar-refractivity contribution in [2.75, 3.05) is 14.2 Å². The van der Waals surface area contributed by atoms with Crippen LogP contribution in [0.4, 0.5) is 0 Å². The van der Waals surface area contributed by atoms with Crippen LogP contribution in [0.1, 0.15) is 0 Å². The Labute approximate surface area is 104 Å². The number of hydrogen-bond acceptors (Lipinski definition) is 6. The molecule has 0 unspecified atom stereocenters. The Morgan fingerprint density at radius 2 is 1.17 bits per heavy atom. The molecule has 0 heterocycles. The van der Waals surface area contributed by atoms with Crippen molar-refractivity contribution < 1.29 is 35.4 Å². The molecular formula is C8H10O8S2. The van der Waals surface area contributed by atoms with E-state index in [0.717, 1.165) is 20.3 Å². The van der Waals surface area contributed by atoms with Gasteiger partial charge in [0.1, 0.15) is 21.3 Å². The molecule has 0 bridgehead atoms. The average molecular weight is 298 g/mol. The number of methoxy groups -OCH3 is 2. The second-order valence-corrected chi connectivity index (χ2v) is 5.88. The van der Waals surface area contributed by atoms with Gasteiger partial charge in [0.2, 0.25) is 0 Å². The minimum Gasteiger partial charge on any atom is -0.495 e. The third-order valence-electron chi connectivity index (χ3n) is 2.01. The maximum atomic E-state index is 11.0. The van der Waals surface area contributed by atoms with Crippen LogP contribution in [0, 0.1) is 0 Å². The van der Waals surface area contributed by atoms with E-state index in [1.54, 1.807) is 0 Å². The van der Waals surface area contributed by atoms with Crippen LogP contribution in [0.3, 0.4) is 0 Å². The summed E-state index contributed by atoms with van der Waals surface area (Å²) >= 11 is 0. The van der Waals surface area contributed by atoms with E-state index in [2.05, 4.69) is 9.47 Å². The average Bonchev–Trinajstić information content (AvgIpc) is 2.24. The predicted octanol–water partition coefficient (Wildman–Crippen LogP) is 0.197. The molecule has 0 saturated heterocycles. The van der Waals surface area contributed by atoms with Gasteiger partial charge in [0.25, 0.3) is 20.2 Å². The van der Waals surface area contributed by atoms with Crippen LogP contribution in [0.25, 0.3) is 0 Å². The summed E-state index contributed by atoms with van der Waals surface area (Å²) in [5, 5.41) is 0. The normalized spacial score (nSPS) is 12.2. The van der Waals surface area contributed by atoms with E-state index in [1.165, 1.54) is 0 Å². The maximum Gasteiger partial charge on any atom is 0.298 e. The first-order valence-corrected chi connectivity index (χ1v) is 7.20. The van der Waals surface area contributed by atoms with Gasteiger partial charge in [-0.1, -0.05) is 0 Å². The minimum absolute atomic E-state index is 0.318. The smallest absolute Gasteiger partial charge is 0.298 e. The molecule has 0 aromatic heterocycles. The molecule has 0 amide bonds. The Kier molecular flexibility index (Phi) is 3.86. The molecule has 1 aromatic rings. The second-order valence-electron chi connectivity index (χ2n) is 3.10. The van der Waals surface area contributed by atoms with Gasteiger partial charge in [0, 0.05) is 6.07 Å². The van der Waals surface area contributed by atoms with Crippen molar-refractivity contribution in [1.82, 2.24) is 0 Å². The Bertz CT molecular complexity index is 603.